The van der Waals surface area contributed by atoms with Crippen molar-refractivity contribution in [2.24, 2.45) is 0 Å². The Morgan fingerprint density at radius 1 is 0.533 bits per heavy atom. The van der Waals surface area contributed by atoms with E-state index < -0.39 is 0 Å². The molecule has 0 aliphatic carbocycles. The van der Waals surface area contributed by atoms with Crippen molar-refractivity contribution in [3.8, 4) is 11.1 Å². The fourth-order valence-corrected chi connectivity index (χ4v) is 6.21. The van der Waals surface area contributed by atoms with Gasteiger partial charge in [-0.1, -0.05) is 102 Å². The normalized spacial score (nSPS) is 10.6. The molecule has 0 radical (unpaired) electrons. The molecule has 0 fully saturated rings. The number of fused-ring (bicyclic) bond motifs is 7. The first-order valence-electron chi connectivity index (χ1n) is 14.9. The van der Waals surface area contributed by atoms with E-state index in [9.17, 15) is 0 Å². The molecule has 45 heavy (non-hydrogen) atoms. The van der Waals surface area contributed by atoms with Gasteiger partial charge >= 0.3 is 41.9 Å². The Labute approximate surface area is 294 Å². The average Bonchev–Trinajstić information content (AvgIpc) is 3.56. The van der Waals surface area contributed by atoms with Gasteiger partial charge in [0.1, 0.15) is 0 Å². The van der Waals surface area contributed by atoms with E-state index in [1.165, 1.54) is 81.7 Å². The van der Waals surface area contributed by atoms with Crippen molar-refractivity contribution >= 4 is 59.3 Å². The van der Waals surface area contributed by atoms with Crippen LogP contribution in [0.4, 0.5) is 0 Å². The quantitative estimate of drug-likeness (QED) is 0.112. The van der Waals surface area contributed by atoms with Crippen LogP contribution in [0, 0.1) is 20.8 Å². The maximum atomic E-state index is 2.35. The first-order valence-corrected chi connectivity index (χ1v) is 21.1. The molecule has 0 saturated carbocycles. The molecular formula is C41H36Cl2SiZr-2. The molecule has 8 aromatic carbocycles. The molecule has 0 atom stereocenters. The molecule has 0 spiro atoms. The molecule has 0 aliphatic rings. The van der Waals surface area contributed by atoms with Crippen LogP contribution in [0.3, 0.4) is 0 Å². The van der Waals surface area contributed by atoms with Crippen molar-refractivity contribution in [3.63, 3.8) is 0 Å². The van der Waals surface area contributed by atoms with Crippen LogP contribution in [0.25, 0.3) is 65.0 Å². The first-order chi connectivity index (χ1) is 20.8. The standard InChI is InChI=1S/C24H17.C15H13.C2H6Si.2ClH.Zr/c1-16-13-14-17-8-6-12-22(24(16)17)23-15-18-7-2-3-9-19(18)20-10-4-5-11-21(20)23;1-10-3-5-14-12(7-10)9-13-8-11(2)4-6-15(13)14;1-3-2;;;/h2-15H,1H3;3-9H,1-2H3;1-2H3;2*1H;/q2*-1;;;;+2/p-2. The minimum Gasteiger partial charge on any atom is -1.00 e. The summed E-state index contributed by atoms with van der Waals surface area (Å²) >= 11 is 1.74. The topological polar surface area (TPSA) is 0 Å². The second-order valence-corrected chi connectivity index (χ2v) is 21.2. The zero-order valence-corrected chi connectivity index (χ0v) is 31.4. The van der Waals surface area contributed by atoms with Gasteiger partial charge in [-0.05, 0) is 47.0 Å². The second-order valence-electron chi connectivity index (χ2n) is 11.8. The summed E-state index contributed by atoms with van der Waals surface area (Å²) in [5.74, 6) is 0. The van der Waals surface area contributed by atoms with Crippen LogP contribution in [0.1, 0.15) is 16.7 Å². The molecule has 224 valence electrons. The van der Waals surface area contributed by atoms with E-state index in [0.29, 0.717) is 0 Å². The van der Waals surface area contributed by atoms with E-state index >= 15 is 0 Å². The smallest absolute Gasteiger partial charge is 0.00995 e. The minimum atomic E-state index is 0. The van der Waals surface area contributed by atoms with Crippen molar-refractivity contribution in [2.75, 3.05) is 0 Å². The number of hydrogen-bond acceptors (Lipinski definition) is 0. The summed E-state index contributed by atoms with van der Waals surface area (Å²) in [6.45, 7) is 11.1. The van der Waals surface area contributed by atoms with E-state index in [1.54, 1.807) is 23.3 Å². The van der Waals surface area contributed by atoms with Gasteiger partial charge in [-0.2, -0.15) is 11.6 Å². The van der Waals surface area contributed by atoms with Gasteiger partial charge in [0, 0.05) is 0 Å². The molecule has 0 amide bonds. The van der Waals surface area contributed by atoms with E-state index in [4.69, 9.17) is 0 Å². The monoisotopic (exact) mass is 716 g/mol. The van der Waals surface area contributed by atoms with Crippen LogP contribution in [0.5, 0.6) is 0 Å². The molecular weight excluding hydrogens is 683 g/mol. The molecule has 8 rings (SSSR count). The average molecular weight is 719 g/mol. The van der Waals surface area contributed by atoms with Crippen LogP contribution in [-0.4, -0.2) is 5.43 Å². The molecule has 0 nitrogen and oxygen atoms in total. The summed E-state index contributed by atoms with van der Waals surface area (Å²) in [7, 11) is 0. The number of benzene rings is 6. The van der Waals surface area contributed by atoms with Crippen LogP contribution in [-0.2, 0) is 23.3 Å². The molecule has 0 aliphatic heterocycles. The van der Waals surface area contributed by atoms with Crippen molar-refractivity contribution in [3.05, 3.63) is 144 Å². The van der Waals surface area contributed by atoms with E-state index in [0.717, 1.165) is 0 Å². The van der Waals surface area contributed by atoms with Gasteiger partial charge in [-0.3, -0.25) is 0 Å². The summed E-state index contributed by atoms with van der Waals surface area (Å²) in [5, 5.41) is 13.4. The summed E-state index contributed by atoms with van der Waals surface area (Å²) in [4.78, 5) is 0. The molecule has 0 unspecified atom stereocenters. The third-order valence-electron chi connectivity index (χ3n) is 8.08. The summed E-state index contributed by atoms with van der Waals surface area (Å²) in [6, 6.07) is 46.4. The van der Waals surface area contributed by atoms with E-state index in [-0.39, 0.29) is 30.2 Å². The Morgan fingerprint density at radius 2 is 1.09 bits per heavy atom. The van der Waals surface area contributed by atoms with Gasteiger partial charge in [-0.15, -0.1) is 68.7 Å². The summed E-state index contributed by atoms with van der Waals surface area (Å²) in [6.07, 6.45) is 0. The molecule has 0 saturated heterocycles. The third-order valence-corrected chi connectivity index (χ3v) is 8.08. The van der Waals surface area contributed by atoms with Gasteiger partial charge in [0.25, 0.3) is 0 Å². The van der Waals surface area contributed by atoms with Gasteiger partial charge in [0.05, 0.1) is 0 Å². The van der Waals surface area contributed by atoms with Crippen molar-refractivity contribution in [1.82, 2.24) is 0 Å². The van der Waals surface area contributed by atoms with Crippen LogP contribution < -0.4 is 24.8 Å². The Bertz CT molecular complexity index is 2210. The van der Waals surface area contributed by atoms with E-state index in [2.05, 4.69) is 161 Å². The third kappa shape index (κ3) is 7.37. The summed E-state index contributed by atoms with van der Waals surface area (Å²) < 4.78 is 0. The number of hydrogen-bond donors (Lipinski definition) is 0. The first kappa shape index (κ1) is 34.9. The molecule has 0 aromatic heterocycles. The maximum absolute atomic E-state index is 2.35. The summed E-state index contributed by atoms with van der Waals surface area (Å²) in [5.41, 5.74) is 6.87. The molecule has 0 heterocycles. The van der Waals surface area contributed by atoms with Crippen molar-refractivity contribution in [2.45, 2.75) is 33.9 Å². The fourth-order valence-electron chi connectivity index (χ4n) is 6.21. The molecule has 0 bridgehead atoms. The fraction of sp³-hybridized carbons (Fsp3) is 0.122. The Kier molecular flexibility index (Phi) is 11.7. The Morgan fingerprint density at radius 3 is 1.71 bits per heavy atom. The molecule has 4 heteroatoms. The van der Waals surface area contributed by atoms with Crippen molar-refractivity contribution < 1.29 is 48.1 Å². The van der Waals surface area contributed by atoms with Gasteiger partial charge in [-0.25, -0.2) is 0 Å². The van der Waals surface area contributed by atoms with Crippen LogP contribution >= 0.6 is 0 Å². The van der Waals surface area contributed by atoms with Gasteiger partial charge < -0.3 is 24.8 Å². The number of rotatable bonds is 1. The molecule has 8 aromatic rings. The zero-order valence-electron chi connectivity index (χ0n) is 26.4. The predicted octanol–water partition coefficient (Wildman–Crippen LogP) is 5.96. The SMILES string of the molecule is C[Si](C)=[Zr+2].Cc1c[cH-]c2cccc(-c3cc4ccccc4c4ccccc34)c12.Cc1ccc2c(c1)[cH-]c1cc(C)ccc12.[Cl-].[Cl-]. The molecule has 0 N–H and O–H groups in total. The van der Waals surface area contributed by atoms with Crippen LogP contribution in [0.2, 0.25) is 13.1 Å². The van der Waals surface area contributed by atoms with Crippen molar-refractivity contribution in [1.29, 1.82) is 0 Å². The Balaban J connectivity index is 0.000000189. The number of halogens is 2. The second kappa shape index (κ2) is 15.1. The predicted molar refractivity (Wildman–Crippen MR) is 189 cm³/mol. The largest absolute Gasteiger partial charge is 1.00 e. The minimum absolute atomic E-state index is 0. The van der Waals surface area contributed by atoms with E-state index in [1.807, 2.05) is 0 Å². The zero-order chi connectivity index (χ0) is 30.1. The number of aryl methyl sites for hydroxylation is 3. The van der Waals surface area contributed by atoms with Gasteiger partial charge in [0.2, 0.25) is 0 Å². The Hall–Kier alpha value is -3.00. The van der Waals surface area contributed by atoms with Gasteiger partial charge in [0.15, 0.2) is 0 Å². The van der Waals surface area contributed by atoms with Crippen LogP contribution in [0.15, 0.2) is 127 Å². The maximum Gasteiger partial charge on any atom is -0.00995 e.